The fraction of sp³-hybridized carbons (Fsp3) is 0.250. The Morgan fingerprint density at radius 2 is 1.93 bits per heavy atom. The van der Waals surface area contributed by atoms with Gasteiger partial charge in [0.15, 0.2) is 0 Å². The van der Waals surface area contributed by atoms with E-state index in [2.05, 4.69) is 25.5 Å². The van der Waals surface area contributed by atoms with E-state index >= 15 is 0 Å². The van der Waals surface area contributed by atoms with Crippen molar-refractivity contribution in [2.75, 3.05) is 28.6 Å². The summed E-state index contributed by atoms with van der Waals surface area (Å²) in [5, 5.41) is 5.99. The first-order valence-corrected chi connectivity index (χ1v) is 9.02. The molecule has 0 unspecified atom stereocenters. The van der Waals surface area contributed by atoms with Gasteiger partial charge in [0.1, 0.15) is 23.6 Å². The zero-order chi connectivity index (χ0) is 18.5. The van der Waals surface area contributed by atoms with Gasteiger partial charge in [0, 0.05) is 30.5 Å². The summed E-state index contributed by atoms with van der Waals surface area (Å²) in [4.78, 5) is 23.0. The molecule has 1 aromatic carbocycles. The summed E-state index contributed by atoms with van der Waals surface area (Å²) < 4.78 is 5.27. The predicted octanol–water partition coefficient (Wildman–Crippen LogP) is 3.53. The van der Waals surface area contributed by atoms with Gasteiger partial charge in [-0.05, 0) is 49.2 Å². The van der Waals surface area contributed by atoms with Crippen LogP contribution in [0.2, 0.25) is 0 Å². The SMILES string of the molecule is O=C(Nc1ccc(N2CCCC2)cc1)c1cc(NCc2ccco2)ncn1. The Morgan fingerprint density at radius 3 is 2.67 bits per heavy atom. The van der Waals surface area contributed by atoms with Crippen molar-refractivity contribution in [2.24, 2.45) is 0 Å². The van der Waals surface area contributed by atoms with Crippen molar-refractivity contribution in [3.05, 3.63) is 66.5 Å². The van der Waals surface area contributed by atoms with Crippen LogP contribution in [0.15, 0.2) is 59.5 Å². The predicted molar refractivity (Wildman–Crippen MR) is 104 cm³/mol. The van der Waals surface area contributed by atoms with Gasteiger partial charge in [0.25, 0.3) is 5.91 Å². The van der Waals surface area contributed by atoms with Crippen LogP contribution in [0.5, 0.6) is 0 Å². The lowest BCUT2D eigenvalue weighted by atomic mass is 10.2. The van der Waals surface area contributed by atoms with Gasteiger partial charge in [-0.25, -0.2) is 9.97 Å². The highest BCUT2D eigenvalue weighted by molar-refractivity contribution is 6.03. The standard InChI is InChI=1S/C20H21N5O2/c26-20(24-15-5-7-16(8-6-15)25-9-1-2-10-25)18-12-19(23-14-22-18)21-13-17-4-3-11-27-17/h3-8,11-12,14H,1-2,9-10,13H2,(H,24,26)(H,21,22,23). The number of amides is 1. The van der Waals surface area contributed by atoms with Gasteiger partial charge in [0.2, 0.25) is 0 Å². The summed E-state index contributed by atoms with van der Waals surface area (Å²) in [5.74, 6) is 1.08. The Morgan fingerprint density at radius 1 is 1.11 bits per heavy atom. The van der Waals surface area contributed by atoms with Crippen LogP contribution in [0.25, 0.3) is 0 Å². The van der Waals surface area contributed by atoms with E-state index in [4.69, 9.17) is 4.42 Å². The number of carbonyl (C=O) groups is 1. The summed E-state index contributed by atoms with van der Waals surface area (Å²) in [7, 11) is 0. The Labute approximate surface area is 157 Å². The van der Waals surface area contributed by atoms with Gasteiger partial charge in [-0.3, -0.25) is 4.79 Å². The van der Waals surface area contributed by atoms with E-state index in [1.807, 2.05) is 36.4 Å². The van der Waals surface area contributed by atoms with E-state index in [0.29, 0.717) is 18.1 Å². The third kappa shape index (κ3) is 4.25. The van der Waals surface area contributed by atoms with Crippen molar-refractivity contribution in [1.29, 1.82) is 0 Å². The largest absolute Gasteiger partial charge is 0.467 e. The van der Waals surface area contributed by atoms with Crippen LogP contribution in [0.3, 0.4) is 0 Å². The Hall–Kier alpha value is -3.35. The van der Waals surface area contributed by atoms with E-state index in [0.717, 1.165) is 24.5 Å². The first-order chi connectivity index (χ1) is 13.3. The molecule has 138 valence electrons. The maximum Gasteiger partial charge on any atom is 0.274 e. The second-order valence-corrected chi connectivity index (χ2v) is 6.42. The number of nitrogens with one attached hydrogen (secondary N) is 2. The van der Waals surface area contributed by atoms with Crippen LogP contribution < -0.4 is 15.5 Å². The Bertz CT molecular complexity index is 887. The van der Waals surface area contributed by atoms with Crippen molar-refractivity contribution >= 4 is 23.1 Å². The molecule has 0 saturated carbocycles. The van der Waals surface area contributed by atoms with Crippen molar-refractivity contribution < 1.29 is 9.21 Å². The Balaban J connectivity index is 1.38. The normalized spacial score (nSPS) is 13.6. The highest BCUT2D eigenvalue weighted by Gasteiger charge is 2.13. The number of aromatic nitrogens is 2. The summed E-state index contributed by atoms with van der Waals surface area (Å²) in [6.45, 7) is 2.68. The second-order valence-electron chi connectivity index (χ2n) is 6.42. The highest BCUT2D eigenvalue weighted by atomic mass is 16.3. The van der Waals surface area contributed by atoms with Gasteiger partial charge in [0.05, 0.1) is 12.8 Å². The molecule has 1 aliphatic rings. The molecule has 7 heteroatoms. The topological polar surface area (TPSA) is 83.3 Å². The van der Waals surface area contributed by atoms with E-state index in [1.54, 1.807) is 12.3 Å². The minimum atomic E-state index is -0.271. The molecule has 0 bridgehead atoms. The van der Waals surface area contributed by atoms with Crippen molar-refractivity contribution in [2.45, 2.75) is 19.4 Å². The number of benzene rings is 1. The lowest BCUT2D eigenvalue weighted by molar-refractivity contribution is 0.102. The van der Waals surface area contributed by atoms with Gasteiger partial charge < -0.3 is 20.0 Å². The number of rotatable bonds is 6. The van der Waals surface area contributed by atoms with Crippen molar-refractivity contribution in [1.82, 2.24) is 9.97 Å². The first kappa shape index (κ1) is 17.1. The summed E-state index contributed by atoms with van der Waals surface area (Å²) in [6.07, 6.45) is 5.46. The first-order valence-electron chi connectivity index (χ1n) is 9.02. The third-order valence-electron chi connectivity index (χ3n) is 4.52. The van der Waals surface area contributed by atoms with E-state index in [9.17, 15) is 4.79 Å². The van der Waals surface area contributed by atoms with Crippen molar-refractivity contribution in [3.63, 3.8) is 0 Å². The van der Waals surface area contributed by atoms with Crippen molar-refractivity contribution in [3.8, 4) is 0 Å². The second kappa shape index (κ2) is 7.90. The number of furan rings is 1. The lowest BCUT2D eigenvalue weighted by Gasteiger charge is -2.17. The summed E-state index contributed by atoms with van der Waals surface area (Å²) in [6, 6.07) is 13.2. The average molecular weight is 363 g/mol. The number of hydrogen-bond acceptors (Lipinski definition) is 6. The monoisotopic (exact) mass is 363 g/mol. The number of nitrogens with zero attached hydrogens (tertiary/aromatic N) is 3. The van der Waals surface area contributed by atoms with E-state index < -0.39 is 0 Å². The number of hydrogen-bond donors (Lipinski definition) is 2. The molecule has 4 rings (SSSR count). The van der Waals surface area contributed by atoms with Crippen LogP contribution in [0, 0.1) is 0 Å². The average Bonchev–Trinajstić information content (AvgIpc) is 3.41. The smallest absolute Gasteiger partial charge is 0.274 e. The quantitative estimate of drug-likeness (QED) is 0.697. The van der Waals surface area contributed by atoms with Gasteiger partial charge in [-0.1, -0.05) is 0 Å². The highest BCUT2D eigenvalue weighted by Crippen LogP contribution is 2.22. The molecule has 1 fully saturated rings. The van der Waals surface area contributed by atoms with Crippen LogP contribution in [-0.2, 0) is 6.54 Å². The van der Waals surface area contributed by atoms with Crippen LogP contribution in [-0.4, -0.2) is 29.0 Å². The molecular formula is C20H21N5O2. The molecule has 1 amide bonds. The Kier molecular flexibility index (Phi) is 5.00. The molecule has 2 N–H and O–H groups in total. The van der Waals surface area contributed by atoms with Crippen LogP contribution in [0.4, 0.5) is 17.2 Å². The number of anilines is 3. The number of carbonyl (C=O) groups excluding carboxylic acids is 1. The zero-order valence-electron chi connectivity index (χ0n) is 14.9. The van der Waals surface area contributed by atoms with Gasteiger partial charge in [-0.15, -0.1) is 0 Å². The van der Waals surface area contributed by atoms with Crippen LogP contribution in [0.1, 0.15) is 29.1 Å². The fourth-order valence-electron chi connectivity index (χ4n) is 3.10. The van der Waals surface area contributed by atoms with E-state index in [-0.39, 0.29) is 5.91 Å². The molecule has 1 saturated heterocycles. The zero-order valence-corrected chi connectivity index (χ0v) is 14.9. The molecule has 2 aromatic heterocycles. The molecule has 3 heterocycles. The van der Waals surface area contributed by atoms with Crippen LogP contribution >= 0.6 is 0 Å². The molecule has 0 atom stereocenters. The molecule has 0 aliphatic carbocycles. The third-order valence-corrected chi connectivity index (χ3v) is 4.52. The minimum absolute atomic E-state index is 0.271. The fourth-order valence-corrected chi connectivity index (χ4v) is 3.10. The summed E-state index contributed by atoms with van der Waals surface area (Å²) >= 11 is 0. The lowest BCUT2D eigenvalue weighted by Crippen LogP contribution is -2.18. The molecule has 0 spiro atoms. The van der Waals surface area contributed by atoms with Gasteiger partial charge >= 0.3 is 0 Å². The van der Waals surface area contributed by atoms with E-state index in [1.165, 1.54) is 24.9 Å². The molecule has 3 aromatic rings. The molecule has 27 heavy (non-hydrogen) atoms. The molecule has 1 aliphatic heterocycles. The molecule has 0 radical (unpaired) electrons. The maximum atomic E-state index is 12.5. The molecular weight excluding hydrogens is 342 g/mol. The molecule has 7 nitrogen and oxygen atoms in total. The van der Waals surface area contributed by atoms with Gasteiger partial charge in [-0.2, -0.15) is 0 Å². The minimum Gasteiger partial charge on any atom is -0.467 e. The maximum absolute atomic E-state index is 12.5. The summed E-state index contributed by atoms with van der Waals surface area (Å²) in [5.41, 5.74) is 2.24.